The normalized spacial score (nSPS) is 23.2. The Kier molecular flexibility index (Phi) is 3.58. The molecule has 1 unspecified atom stereocenters. The molecule has 1 N–H and O–H groups in total. The molecule has 88 valence electrons. The number of hydrogen-bond acceptors (Lipinski definition) is 2. The third-order valence-electron chi connectivity index (χ3n) is 3.00. The first-order valence-corrected chi connectivity index (χ1v) is 5.36. The van der Waals surface area contributed by atoms with Crippen LogP contribution in [0, 0.1) is 17.3 Å². The summed E-state index contributed by atoms with van der Waals surface area (Å²) in [7, 11) is 0. The molecule has 1 atom stereocenters. The van der Waals surface area contributed by atoms with Gasteiger partial charge in [0.05, 0.1) is 0 Å². The number of piperidine rings is 1. The molecular formula is C12H17NO3. The predicted octanol–water partition coefficient (Wildman–Crippen LogP) is 1.11. The van der Waals surface area contributed by atoms with Crippen molar-refractivity contribution in [2.75, 3.05) is 6.54 Å². The number of rotatable bonds is 1. The molecule has 4 nitrogen and oxygen atoms in total. The maximum absolute atomic E-state index is 11.7. The zero-order valence-electron chi connectivity index (χ0n) is 9.91. The van der Waals surface area contributed by atoms with E-state index in [1.165, 1.54) is 4.90 Å². The Balaban J connectivity index is 3.01. The standard InChI is InChI=1S/C12H17NO3/c1-4-6-9(14)13-8-5-7-12(2,3)10(13)11(15)16/h10H,5,7-8H2,1-3H3,(H,15,16). The summed E-state index contributed by atoms with van der Waals surface area (Å²) < 4.78 is 0. The van der Waals surface area contributed by atoms with Crippen LogP contribution in [0.5, 0.6) is 0 Å². The summed E-state index contributed by atoms with van der Waals surface area (Å²) in [5.41, 5.74) is -0.394. The van der Waals surface area contributed by atoms with Gasteiger partial charge < -0.3 is 10.0 Å². The van der Waals surface area contributed by atoms with Crippen molar-refractivity contribution in [1.82, 2.24) is 4.90 Å². The van der Waals surface area contributed by atoms with E-state index in [-0.39, 0.29) is 5.91 Å². The molecule has 0 radical (unpaired) electrons. The molecule has 1 aliphatic heterocycles. The molecule has 0 bridgehead atoms. The number of amides is 1. The van der Waals surface area contributed by atoms with Crippen LogP contribution in [0.4, 0.5) is 0 Å². The lowest BCUT2D eigenvalue weighted by Gasteiger charge is -2.43. The Morgan fingerprint density at radius 2 is 2.06 bits per heavy atom. The fourth-order valence-corrected chi connectivity index (χ4v) is 2.26. The molecule has 0 spiro atoms. The second kappa shape index (κ2) is 4.56. The molecule has 1 saturated heterocycles. The van der Waals surface area contributed by atoms with Crippen LogP contribution in [-0.2, 0) is 9.59 Å². The van der Waals surface area contributed by atoms with Gasteiger partial charge in [0.1, 0.15) is 6.04 Å². The number of nitrogens with zero attached hydrogens (tertiary/aromatic N) is 1. The average molecular weight is 223 g/mol. The number of hydrogen-bond donors (Lipinski definition) is 1. The number of carbonyl (C=O) groups is 2. The molecule has 1 amide bonds. The fraction of sp³-hybridized carbons (Fsp3) is 0.667. The van der Waals surface area contributed by atoms with Gasteiger partial charge in [-0.3, -0.25) is 4.79 Å². The maximum atomic E-state index is 11.7. The summed E-state index contributed by atoms with van der Waals surface area (Å²) in [6, 6.07) is -0.769. The van der Waals surface area contributed by atoms with E-state index in [9.17, 15) is 14.7 Å². The quantitative estimate of drug-likeness (QED) is 0.677. The smallest absolute Gasteiger partial charge is 0.327 e. The lowest BCUT2D eigenvalue weighted by Crippen LogP contribution is -2.56. The Morgan fingerprint density at radius 1 is 1.44 bits per heavy atom. The Morgan fingerprint density at radius 3 is 2.56 bits per heavy atom. The second-order valence-corrected chi connectivity index (χ2v) is 4.71. The molecule has 4 heteroatoms. The van der Waals surface area contributed by atoms with E-state index in [0.29, 0.717) is 6.54 Å². The third kappa shape index (κ3) is 2.35. The van der Waals surface area contributed by atoms with Gasteiger partial charge in [0.2, 0.25) is 0 Å². The summed E-state index contributed by atoms with van der Waals surface area (Å²) in [5, 5.41) is 9.22. The van der Waals surface area contributed by atoms with Crippen molar-refractivity contribution in [3.05, 3.63) is 0 Å². The highest BCUT2D eigenvalue weighted by Gasteiger charge is 2.44. The van der Waals surface area contributed by atoms with Crippen LogP contribution in [0.1, 0.15) is 33.6 Å². The second-order valence-electron chi connectivity index (χ2n) is 4.71. The molecule has 1 fully saturated rings. The van der Waals surface area contributed by atoms with Crippen LogP contribution in [-0.4, -0.2) is 34.5 Å². The van der Waals surface area contributed by atoms with Crippen molar-refractivity contribution in [2.24, 2.45) is 5.41 Å². The SMILES string of the molecule is CC#CC(=O)N1CCCC(C)(C)C1C(=O)O. The summed E-state index contributed by atoms with van der Waals surface area (Å²) in [6.07, 6.45) is 1.64. The first kappa shape index (κ1) is 12.6. The van der Waals surface area contributed by atoms with Crippen LogP contribution in [0.25, 0.3) is 0 Å². The third-order valence-corrected chi connectivity index (χ3v) is 3.00. The lowest BCUT2D eigenvalue weighted by molar-refractivity contribution is -0.156. The van der Waals surface area contributed by atoms with E-state index in [2.05, 4.69) is 11.8 Å². The van der Waals surface area contributed by atoms with Gasteiger partial charge >= 0.3 is 5.97 Å². The Bertz CT molecular complexity index is 362. The average Bonchev–Trinajstić information content (AvgIpc) is 2.15. The fourth-order valence-electron chi connectivity index (χ4n) is 2.26. The van der Waals surface area contributed by atoms with E-state index in [0.717, 1.165) is 12.8 Å². The minimum Gasteiger partial charge on any atom is -0.480 e. The molecule has 16 heavy (non-hydrogen) atoms. The molecular weight excluding hydrogens is 206 g/mol. The van der Waals surface area contributed by atoms with Crippen LogP contribution in [0.3, 0.4) is 0 Å². The molecule has 0 aromatic heterocycles. The van der Waals surface area contributed by atoms with Gasteiger partial charge in [-0.05, 0) is 31.1 Å². The number of likely N-dealkylation sites (tertiary alicyclic amines) is 1. The van der Waals surface area contributed by atoms with Crippen molar-refractivity contribution in [3.8, 4) is 11.8 Å². The minimum absolute atomic E-state index is 0.386. The Hall–Kier alpha value is -1.50. The van der Waals surface area contributed by atoms with Crippen molar-refractivity contribution in [3.63, 3.8) is 0 Å². The number of carboxylic acids is 1. The van der Waals surface area contributed by atoms with Crippen molar-refractivity contribution < 1.29 is 14.7 Å². The lowest BCUT2D eigenvalue weighted by atomic mass is 9.76. The molecule has 1 rings (SSSR count). The Labute approximate surface area is 95.6 Å². The summed E-state index contributed by atoms with van der Waals surface area (Å²) in [5.74, 6) is 3.59. The van der Waals surface area contributed by atoms with Crippen LogP contribution in [0.15, 0.2) is 0 Å². The molecule has 0 saturated carbocycles. The van der Waals surface area contributed by atoms with Gasteiger partial charge in [0.15, 0.2) is 0 Å². The van der Waals surface area contributed by atoms with Crippen molar-refractivity contribution >= 4 is 11.9 Å². The van der Waals surface area contributed by atoms with E-state index in [1.807, 2.05) is 13.8 Å². The van der Waals surface area contributed by atoms with Crippen molar-refractivity contribution in [1.29, 1.82) is 0 Å². The highest BCUT2D eigenvalue weighted by Crippen LogP contribution is 2.35. The van der Waals surface area contributed by atoms with Crippen molar-refractivity contribution in [2.45, 2.75) is 39.7 Å². The van der Waals surface area contributed by atoms with Crippen LogP contribution >= 0.6 is 0 Å². The molecule has 0 aliphatic carbocycles. The van der Waals surface area contributed by atoms with E-state index < -0.39 is 17.4 Å². The van der Waals surface area contributed by atoms with Gasteiger partial charge in [-0.25, -0.2) is 4.79 Å². The zero-order valence-corrected chi connectivity index (χ0v) is 9.91. The maximum Gasteiger partial charge on any atom is 0.327 e. The van der Waals surface area contributed by atoms with E-state index >= 15 is 0 Å². The minimum atomic E-state index is -0.948. The highest BCUT2D eigenvalue weighted by molar-refractivity contribution is 5.96. The van der Waals surface area contributed by atoms with E-state index in [1.54, 1.807) is 6.92 Å². The van der Waals surface area contributed by atoms with Gasteiger partial charge in [-0.1, -0.05) is 19.8 Å². The van der Waals surface area contributed by atoms with Gasteiger partial charge in [-0.2, -0.15) is 0 Å². The topological polar surface area (TPSA) is 57.6 Å². The summed E-state index contributed by atoms with van der Waals surface area (Å²) in [4.78, 5) is 24.3. The first-order chi connectivity index (χ1) is 7.40. The number of carboxylic acid groups (broad SMARTS) is 1. The molecule has 1 aliphatic rings. The monoisotopic (exact) mass is 223 g/mol. The van der Waals surface area contributed by atoms with Gasteiger partial charge in [0.25, 0.3) is 5.91 Å². The van der Waals surface area contributed by atoms with Gasteiger partial charge in [-0.15, -0.1) is 0 Å². The van der Waals surface area contributed by atoms with Crippen LogP contribution in [0.2, 0.25) is 0 Å². The highest BCUT2D eigenvalue weighted by atomic mass is 16.4. The summed E-state index contributed by atoms with van der Waals surface area (Å²) >= 11 is 0. The molecule has 0 aromatic rings. The first-order valence-electron chi connectivity index (χ1n) is 5.36. The number of aliphatic carboxylic acids is 1. The van der Waals surface area contributed by atoms with Gasteiger partial charge in [0, 0.05) is 6.54 Å². The molecule has 1 heterocycles. The zero-order chi connectivity index (χ0) is 12.3. The number of carbonyl (C=O) groups excluding carboxylic acids is 1. The summed E-state index contributed by atoms with van der Waals surface area (Å²) in [6.45, 7) is 5.81. The van der Waals surface area contributed by atoms with E-state index in [4.69, 9.17) is 0 Å². The largest absolute Gasteiger partial charge is 0.480 e. The van der Waals surface area contributed by atoms with Crippen LogP contribution < -0.4 is 0 Å². The molecule has 0 aromatic carbocycles. The predicted molar refractivity (Wildman–Crippen MR) is 59.6 cm³/mol.